The number of amides is 1. The maximum absolute atomic E-state index is 11.6. The summed E-state index contributed by atoms with van der Waals surface area (Å²) in [7, 11) is 0. The highest BCUT2D eigenvalue weighted by atomic mass is 16.6. The molecule has 0 aliphatic rings. The highest BCUT2D eigenvalue weighted by Crippen LogP contribution is 2.27. The lowest BCUT2D eigenvalue weighted by Gasteiger charge is -2.22. The van der Waals surface area contributed by atoms with E-state index in [9.17, 15) is 19.7 Å². The lowest BCUT2D eigenvalue weighted by molar-refractivity contribution is -0.385. The summed E-state index contributed by atoms with van der Waals surface area (Å²) in [5, 5.41) is 22.3. The van der Waals surface area contributed by atoms with Crippen molar-refractivity contribution in [2.45, 2.75) is 39.3 Å². The van der Waals surface area contributed by atoms with Gasteiger partial charge in [-0.25, -0.2) is 9.59 Å². The van der Waals surface area contributed by atoms with E-state index in [1.165, 1.54) is 12.1 Å². The zero-order chi connectivity index (χ0) is 18.5. The van der Waals surface area contributed by atoms with Crippen LogP contribution in [0.2, 0.25) is 0 Å². The van der Waals surface area contributed by atoms with E-state index in [1.807, 2.05) is 0 Å². The summed E-state index contributed by atoms with van der Waals surface area (Å²) in [6.45, 7) is 6.09. The predicted molar refractivity (Wildman–Crippen MR) is 84.1 cm³/mol. The first kappa shape index (κ1) is 19.2. The predicted octanol–water partition coefficient (Wildman–Crippen LogP) is 2.26. The average molecular weight is 340 g/mol. The minimum atomic E-state index is -1.42. The number of carboxylic acid groups (broad SMARTS) is 1. The first-order valence-corrected chi connectivity index (χ1v) is 7.10. The van der Waals surface area contributed by atoms with Crippen LogP contribution < -0.4 is 10.1 Å². The van der Waals surface area contributed by atoms with Gasteiger partial charge in [0.25, 0.3) is 0 Å². The SMILES string of the molecule is Cc1ccc(OC[C@@H](NC(=O)OC(C)(C)C)C(=O)O)c([N+](=O)[O-])c1. The number of nitro benzene ring substituents is 1. The highest BCUT2D eigenvalue weighted by Gasteiger charge is 2.26. The van der Waals surface area contributed by atoms with Crippen molar-refractivity contribution in [2.24, 2.45) is 0 Å². The van der Waals surface area contributed by atoms with Crippen LogP contribution in [0.15, 0.2) is 18.2 Å². The Morgan fingerprint density at radius 3 is 2.50 bits per heavy atom. The summed E-state index contributed by atoms with van der Waals surface area (Å²) in [5.41, 5.74) is -0.406. The fourth-order valence-corrected chi connectivity index (χ4v) is 1.69. The lowest BCUT2D eigenvalue weighted by Crippen LogP contribution is -2.46. The Labute approximate surface area is 138 Å². The van der Waals surface area contributed by atoms with Gasteiger partial charge >= 0.3 is 17.7 Å². The van der Waals surface area contributed by atoms with E-state index in [0.717, 1.165) is 0 Å². The molecule has 0 saturated carbocycles. The van der Waals surface area contributed by atoms with Crippen molar-refractivity contribution in [1.29, 1.82) is 0 Å². The smallest absolute Gasteiger partial charge is 0.408 e. The maximum atomic E-state index is 11.6. The number of hydrogen-bond donors (Lipinski definition) is 2. The average Bonchev–Trinajstić information content (AvgIpc) is 2.41. The molecule has 1 rings (SSSR count). The number of nitrogens with zero attached hydrogens (tertiary/aromatic N) is 1. The van der Waals surface area contributed by atoms with Gasteiger partial charge in [0.05, 0.1) is 4.92 Å². The number of aliphatic carboxylic acids is 1. The number of carboxylic acids is 1. The molecule has 0 unspecified atom stereocenters. The number of alkyl carbamates (subject to hydrolysis) is 1. The molecule has 1 aromatic rings. The Morgan fingerprint density at radius 1 is 1.38 bits per heavy atom. The fourth-order valence-electron chi connectivity index (χ4n) is 1.69. The van der Waals surface area contributed by atoms with E-state index in [4.69, 9.17) is 14.6 Å². The molecule has 1 amide bonds. The second kappa shape index (κ2) is 7.62. The first-order valence-electron chi connectivity index (χ1n) is 7.10. The summed E-state index contributed by atoms with van der Waals surface area (Å²) in [5.74, 6) is -1.43. The number of ether oxygens (including phenoxy) is 2. The number of rotatable bonds is 6. The molecule has 0 fully saturated rings. The van der Waals surface area contributed by atoms with Crippen molar-refractivity contribution in [3.8, 4) is 5.75 Å². The molecule has 2 N–H and O–H groups in total. The van der Waals surface area contributed by atoms with Crippen molar-refractivity contribution in [2.75, 3.05) is 6.61 Å². The van der Waals surface area contributed by atoms with Crippen molar-refractivity contribution in [3.05, 3.63) is 33.9 Å². The number of benzene rings is 1. The molecule has 0 aromatic heterocycles. The third kappa shape index (κ3) is 6.11. The van der Waals surface area contributed by atoms with E-state index >= 15 is 0 Å². The number of nitro groups is 1. The molecule has 0 radical (unpaired) electrons. The number of hydrogen-bond acceptors (Lipinski definition) is 6. The number of carbonyl (C=O) groups is 2. The second-order valence-corrected chi connectivity index (χ2v) is 6.08. The van der Waals surface area contributed by atoms with Crippen LogP contribution in [0.5, 0.6) is 5.75 Å². The van der Waals surface area contributed by atoms with Gasteiger partial charge in [-0.2, -0.15) is 0 Å². The van der Waals surface area contributed by atoms with Gasteiger partial charge in [0.1, 0.15) is 12.2 Å². The van der Waals surface area contributed by atoms with Gasteiger partial charge in [0.2, 0.25) is 0 Å². The molecule has 0 bridgehead atoms. The maximum Gasteiger partial charge on any atom is 0.408 e. The van der Waals surface area contributed by atoms with Gasteiger partial charge < -0.3 is 19.9 Å². The first-order chi connectivity index (χ1) is 11.0. The minimum absolute atomic E-state index is 0.0807. The Balaban J connectivity index is 2.80. The number of carbonyl (C=O) groups excluding carboxylic acids is 1. The van der Waals surface area contributed by atoms with E-state index in [-0.39, 0.29) is 11.4 Å². The second-order valence-electron chi connectivity index (χ2n) is 6.08. The van der Waals surface area contributed by atoms with Crippen LogP contribution in [-0.4, -0.2) is 40.3 Å². The molecule has 1 atom stereocenters. The quantitative estimate of drug-likeness (QED) is 0.600. The molecule has 0 aliphatic carbocycles. The fraction of sp³-hybridized carbons (Fsp3) is 0.467. The Hall–Kier alpha value is -2.84. The van der Waals surface area contributed by atoms with E-state index in [2.05, 4.69) is 5.32 Å². The van der Waals surface area contributed by atoms with Crippen LogP contribution >= 0.6 is 0 Å². The highest BCUT2D eigenvalue weighted by molar-refractivity contribution is 5.80. The molecule has 0 heterocycles. The molecular formula is C15H20N2O7. The van der Waals surface area contributed by atoms with Gasteiger partial charge in [-0.1, -0.05) is 6.07 Å². The van der Waals surface area contributed by atoms with Crippen LogP contribution in [0.4, 0.5) is 10.5 Å². The van der Waals surface area contributed by atoms with Gasteiger partial charge in [-0.3, -0.25) is 10.1 Å². The molecule has 132 valence electrons. The van der Waals surface area contributed by atoms with Crippen molar-refractivity contribution < 1.29 is 29.1 Å². The van der Waals surface area contributed by atoms with Crippen molar-refractivity contribution in [1.82, 2.24) is 5.32 Å². The minimum Gasteiger partial charge on any atom is -0.484 e. The topological polar surface area (TPSA) is 128 Å². The van der Waals surface area contributed by atoms with E-state index in [0.29, 0.717) is 5.56 Å². The van der Waals surface area contributed by atoms with Gasteiger partial charge in [-0.05, 0) is 39.3 Å². The van der Waals surface area contributed by atoms with Crippen LogP contribution in [0.25, 0.3) is 0 Å². The summed E-state index contributed by atoms with van der Waals surface area (Å²) in [4.78, 5) is 33.2. The van der Waals surface area contributed by atoms with Crippen LogP contribution in [0.3, 0.4) is 0 Å². The lowest BCUT2D eigenvalue weighted by atomic mass is 10.2. The largest absolute Gasteiger partial charge is 0.484 e. The standard InChI is InChI=1S/C15H20N2O7/c1-9-5-6-12(11(7-9)17(21)22)23-8-10(13(18)19)16-14(20)24-15(2,3)4/h5-7,10H,8H2,1-4H3,(H,16,20)(H,18,19)/t10-/m1/s1. The van der Waals surface area contributed by atoms with Gasteiger partial charge in [0, 0.05) is 6.07 Å². The molecule has 1 aromatic carbocycles. The van der Waals surface area contributed by atoms with Crippen molar-refractivity contribution >= 4 is 17.7 Å². The number of aryl methyl sites for hydroxylation is 1. The summed E-state index contributed by atoms with van der Waals surface area (Å²) in [6.07, 6.45) is -0.920. The van der Waals surface area contributed by atoms with Crippen LogP contribution in [0, 0.1) is 17.0 Å². The van der Waals surface area contributed by atoms with Crippen LogP contribution in [0.1, 0.15) is 26.3 Å². The van der Waals surface area contributed by atoms with Crippen LogP contribution in [-0.2, 0) is 9.53 Å². The van der Waals surface area contributed by atoms with E-state index in [1.54, 1.807) is 33.8 Å². The monoisotopic (exact) mass is 340 g/mol. The Morgan fingerprint density at radius 2 is 2.00 bits per heavy atom. The Bertz CT molecular complexity index is 637. The molecule has 24 heavy (non-hydrogen) atoms. The summed E-state index contributed by atoms with van der Waals surface area (Å²) < 4.78 is 10.2. The van der Waals surface area contributed by atoms with Gasteiger partial charge in [0.15, 0.2) is 11.8 Å². The molecule has 0 saturated heterocycles. The molecule has 0 aliphatic heterocycles. The zero-order valence-corrected chi connectivity index (χ0v) is 13.9. The van der Waals surface area contributed by atoms with E-state index < -0.39 is 35.2 Å². The molecular weight excluding hydrogens is 320 g/mol. The van der Waals surface area contributed by atoms with Gasteiger partial charge in [-0.15, -0.1) is 0 Å². The third-order valence-corrected chi connectivity index (χ3v) is 2.71. The molecule has 9 heteroatoms. The normalized spacial score (nSPS) is 12.2. The summed E-state index contributed by atoms with van der Waals surface area (Å²) in [6, 6.07) is 2.87. The van der Waals surface area contributed by atoms with Crippen molar-refractivity contribution in [3.63, 3.8) is 0 Å². The number of nitrogens with one attached hydrogen (secondary N) is 1. The molecule has 9 nitrogen and oxygen atoms in total. The zero-order valence-electron chi connectivity index (χ0n) is 13.9. The summed E-state index contributed by atoms with van der Waals surface area (Å²) >= 11 is 0. The Kier molecular flexibility index (Phi) is 6.10. The third-order valence-electron chi connectivity index (χ3n) is 2.71. The molecule has 0 spiro atoms.